The van der Waals surface area contributed by atoms with Crippen molar-refractivity contribution in [3.8, 4) is 6.07 Å². The van der Waals surface area contributed by atoms with Gasteiger partial charge in [-0.25, -0.2) is 0 Å². The molecule has 0 N–H and O–H groups in total. The molecule has 2 aliphatic rings. The molecule has 0 amide bonds. The van der Waals surface area contributed by atoms with E-state index in [1.165, 1.54) is 25.7 Å². The Morgan fingerprint density at radius 2 is 2.27 bits per heavy atom. The van der Waals surface area contributed by atoms with Crippen LogP contribution in [0.1, 0.15) is 45.4 Å². The number of nitrogens with zero attached hydrogens (tertiary/aromatic N) is 1. The van der Waals surface area contributed by atoms with Gasteiger partial charge in [-0.05, 0) is 43.4 Å². The summed E-state index contributed by atoms with van der Waals surface area (Å²) in [4.78, 5) is 11.8. The molecule has 4 unspecified atom stereocenters. The molecule has 2 nitrogen and oxygen atoms in total. The van der Waals surface area contributed by atoms with Crippen LogP contribution in [0.2, 0.25) is 0 Å². The first kappa shape index (κ1) is 10.7. The second-order valence-electron chi connectivity index (χ2n) is 5.20. The van der Waals surface area contributed by atoms with E-state index in [2.05, 4.69) is 6.07 Å². The highest BCUT2D eigenvalue weighted by atomic mass is 16.1. The Kier molecular flexibility index (Phi) is 3.09. The number of nitriles is 1. The predicted octanol–water partition coefficient (Wildman–Crippen LogP) is 2.93. The minimum Gasteiger partial charge on any atom is -0.298 e. The van der Waals surface area contributed by atoms with E-state index >= 15 is 0 Å². The molecule has 0 aromatic rings. The molecule has 0 aromatic heterocycles. The zero-order valence-corrected chi connectivity index (χ0v) is 9.41. The Bertz CT molecular complexity index is 291. The lowest BCUT2D eigenvalue weighted by Gasteiger charge is -2.21. The molecule has 2 bridgehead atoms. The van der Waals surface area contributed by atoms with E-state index in [-0.39, 0.29) is 11.7 Å². The fraction of sp³-hybridized carbons (Fsp3) is 0.846. The van der Waals surface area contributed by atoms with Crippen molar-refractivity contribution in [1.82, 2.24) is 0 Å². The van der Waals surface area contributed by atoms with E-state index < -0.39 is 0 Å². The highest BCUT2D eigenvalue weighted by molar-refractivity contribution is 5.83. The molecule has 82 valence electrons. The van der Waals surface area contributed by atoms with Crippen molar-refractivity contribution in [1.29, 1.82) is 5.26 Å². The minimum absolute atomic E-state index is 0.192. The van der Waals surface area contributed by atoms with Crippen molar-refractivity contribution in [2.45, 2.75) is 45.4 Å². The van der Waals surface area contributed by atoms with Crippen LogP contribution < -0.4 is 0 Å². The maximum Gasteiger partial charge on any atom is 0.150 e. The van der Waals surface area contributed by atoms with Gasteiger partial charge in [-0.1, -0.05) is 13.3 Å². The SMILES string of the molecule is CCC(C#N)C(=O)CC1CC2CCC1C2. The largest absolute Gasteiger partial charge is 0.298 e. The van der Waals surface area contributed by atoms with Crippen LogP contribution in [0.25, 0.3) is 0 Å². The van der Waals surface area contributed by atoms with Crippen molar-refractivity contribution in [2.75, 3.05) is 0 Å². The van der Waals surface area contributed by atoms with Gasteiger partial charge in [0.25, 0.3) is 0 Å². The molecule has 0 aliphatic heterocycles. The van der Waals surface area contributed by atoms with Gasteiger partial charge in [-0.3, -0.25) is 4.79 Å². The Morgan fingerprint density at radius 3 is 2.73 bits per heavy atom. The lowest BCUT2D eigenvalue weighted by Crippen LogP contribution is -2.20. The van der Waals surface area contributed by atoms with E-state index in [1.807, 2.05) is 6.92 Å². The van der Waals surface area contributed by atoms with Crippen molar-refractivity contribution < 1.29 is 4.79 Å². The number of carbonyl (C=O) groups excluding carboxylic acids is 1. The number of Topliss-reactive ketones (excluding diaryl/α,β-unsaturated/α-hetero) is 1. The highest BCUT2D eigenvalue weighted by Gasteiger charge is 2.40. The monoisotopic (exact) mass is 205 g/mol. The normalized spacial score (nSPS) is 35.1. The Morgan fingerprint density at radius 1 is 1.47 bits per heavy atom. The molecule has 2 aliphatic carbocycles. The van der Waals surface area contributed by atoms with Crippen molar-refractivity contribution in [3.05, 3.63) is 0 Å². The molecule has 0 heterocycles. The van der Waals surface area contributed by atoms with Crippen molar-refractivity contribution in [2.24, 2.45) is 23.7 Å². The molecule has 4 atom stereocenters. The summed E-state index contributed by atoms with van der Waals surface area (Å²) in [5.74, 6) is 2.16. The third kappa shape index (κ3) is 2.07. The number of rotatable bonds is 4. The maximum atomic E-state index is 11.8. The first-order chi connectivity index (χ1) is 7.24. The zero-order valence-electron chi connectivity index (χ0n) is 9.41. The lowest BCUT2D eigenvalue weighted by atomic mass is 9.83. The average Bonchev–Trinajstić information content (AvgIpc) is 2.81. The van der Waals surface area contributed by atoms with E-state index in [1.54, 1.807) is 0 Å². The summed E-state index contributed by atoms with van der Waals surface area (Å²) in [5, 5.41) is 8.83. The van der Waals surface area contributed by atoms with E-state index in [0.29, 0.717) is 18.8 Å². The maximum absolute atomic E-state index is 11.8. The number of carbonyl (C=O) groups is 1. The number of ketones is 1. The minimum atomic E-state index is -0.343. The molecule has 0 aromatic carbocycles. The summed E-state index contributed by atoms with van der Waals surface area (Å²) in [7, 11) is 0. The van der Waals surface area contributed by atoms with Gasteiger partial charge in [0.15, 0.2) is 0 Å². The third-order valence-corrected chi connectivity index (χ3v) is 4.30. The van der Waals surface area contributed by atoms with Crippen LogP contribution in [0.15, 0.2) is 0 Å². The smallest absolute Gasteiger partial charge is 0.150 e. The van der Waals surface area contributed by atoms with E-state index in [4.69, 9.17) is 5.26 Å². The van der Waals surface area contributed by atoms with Gasteiger partial charge in [0.05, 0.1) is 6.07 Å². The highest BCUT2D eigenvalue weighted by Crippen LogP contribution is 2.49. The van der Waals surface area contributed by atoms with Crippen LogP contribution in [0, 0.1) is 35.0 Å². The summed E-state index contributed by atoms with van der Waals surface area (Å²) in [6.45, 7) is 1.92. The molecule has 2 fully saturated rings. The average molecular weight is 205 g/mol. The first-order valence-corrected chi connectivity index (χ1v) is 6.17. The van der Waals surface area contributed by atoms with Crippen LogP contribution >= 0.6 is 0 Å². The van der Waals surface area contributed by atoms with Gasteiger partial charge < -0.3 is 0 Å². The van der Waals surface area contributed by atoms with Gasteiger partial charge in [0.1, 0.15) is 11.7 Å². The molecule has 15 heavy (non-hydrogen) atoms. The molecule has 2 heteroatoms. The first-order valence-electron chi connectivity index (χ1n) is 6.17. The van der Waals surface area contributed by atoms with Crippen LogP contribution in [0.3, 0.4) is 0 Å². The summed E-state index contributed by atoms with van der Waals surface area (Å²) in [6, 6.07) is 2.12. The van der Waals surface area contributed by atoms with Gasteiger partial charge >= 0.3 is 0 Å². The predicted molar refractivity (Wildman–Crippen MR) is 58.0 cm³/mol. The Balaban J connectivity index is 1.87. The molecular weight excluding hydrogens is 186 g/mol. The van der Waals surface area contributed by atoms with Crippen molar-refractivity contribution in [3.63, 3.8) is 0 Å². The van der Waals surface area contributed by atoms with Gasteiger partial charge in [-0.15, -0.1) is 0 Å². The quantitative estimate of drug-likeness (QED) is 0.708. The van der Waals surface area contributed by atoms with E-state index in [9.17, 15) is 4.79 Å². The second kappa shape index (κ2) is 4.35. The summed E-state index contributed by atoms with van der Waals surface area (Å²) >= 11 is 0. The van der Waals surface area contributed by atoms with Crippen LogP contribution in [-0.2, 0) is 4.79 Å². The summed E-state index contributed by atoms with van der Waals surface area (Å²) in [5.41, 5.74) is 0. The second-order valence-corrected chi connectivity index (χ2v) is 5.20. The molecular formula is C13H19NO. The van der Waals surface area contributed by atoms with Crippen LogP contribution in [0.5, 0.6) is 0 Å². The molecule has 2 saturated carbocycles. The number of hydrogen-bond donors (Lipinski definition) is 0. The molecule has 0 saturated heterocycles. The fourth-order valence-corrected chi connectivity index (χ4v) is 3.42. The Hall–Kier alpha value is -0.840. The number of hydrogen-bond acceptors (Lipinski definition) is 2. The van der Waals surface area contributed by atoms with Crippen LogP contribution in [0.4, 0.5) is 0 Å². The lowest BCUT2D eigenvalue weighted by molar-refractivity contribution is -0.122. The van der Waals surface area contributed by atoms with E-state index in [0.717, 1.165) is 11.8 Å². The van der Waals surface area contributed by atoms with Crippen LogP contribution in [-0.4, -0.2) is 5.78 Å². The van der Waals surface area contributed by atoms with Gasteiger partial charge in [0, 0.05) is 6.42 Å². The summed E-state index contributed by atoms with van der Waals surface area (Å²) in [6.07, 6.45) is 6.65. The molecule has 0 spiro atoms. The Labute approximate surface area is 91.7 Å². The summed E-state index contributed by atoms with van der Waals surface area (Å²) < 4.78 is 0. The topological polar surface area (TPSA) is 40.9 Å². The van der Waals surface area contributed by atoms with Crippen molar-refractivity contribution >= 4 is 5.78 Å². The molecule has 0 radical (unpaired) electrons. The number of fused-ring (bicyclic) bond motifs is 2. The zero-order chi connectivity index (χ0) is 10.8. The standard InChI is InChI=1S/C13H19NO/c1-2-10(8-14)13(15)7-12-6-9-3-4-11(12)5-9/h9-12H,2-7H2,1H3. The van der Waals surface area contributed by atoms with Gasteiger partial charge in [0.2, 0.25) is 0 Å². The fourth-order valence-electron chi connectivity index (χ4n) is 3.42. The molecule has 2 rings (SSSR count). The van der Waals surface area contributed by atoms with Gasteiger partial charge in [-0.2, -0.15) is 5.26 Å². The third-order valence-electron chi connectivity index (χ3n) is 4.30.